The van der Waals surface area contributed by atoms with Crippen LogP contribution in [0.2, 0.25) is 0 Å². The Morgan fingerprint density at radius 3 is 2.38 bits per heavy atom. The number of hydrogen-bond donors (Lipinski definition) is 2. The molecular formula is C30H34BrNO8. The number of esters is 1. The van der Waals surface area contributed by atoms with Crippen molar-refractivity contribution in [2.24, 2.45) is 0 Å². The molecular weight excluding hydrogens is 582 g/mol. The number of carbonyl (C=O) groups excluding carboxylic acids is 2. The average molecular weight is 617 g/mol. The Morgan fingerprint density at radius 2 is 1.70 bits per heavy atom. The van der Waals surface area contributed by atoms with E-state index in [0.29, 0.717) is 51.4 Å². The van der Waals surface area contributed by atoms with Crippen LogP contribution >= 0.6 is 15.9 Å². The van der Waals surface area contributed by atoms with Gasteiger partial charge < -0.3 is 34.1 Å². The molecule has 9 nitrogen and oxygen atoms in total. The number of benzene rings is 2. The monoisotopic (exact) mass is 615 g/mol. The fourth-order valence-corrected chi connectivity index (χ4v) is 5.78. The minimum Gasteiger partial charge on any atom is -0.503 e. The van der Waals surface area contributed by atoms with Gasteiger partial charge in [-0.05, 0) is 77.5 Å². The number of aromatic hydroxyl groups is 1. The Bertz CT molecular complexity index is 1370. The highest BCUT2D eigenvalue weighted by molar-refractivity contribution is 9.10. The standard InChI is InChI=1S/C30H34BrNO8/c1-6-39-9-10-40-30(35)26-16(2)32-21-12-18(17-7-8-23(36-3)24(14-17)37-4)13-22(33)28(21)27(26)19-11-20(31)29(34)25(15-19)38-5/h7-8,11,14-15,18,27,32,34H,6,9-10,12-13H2,1-5H3/t18-,27+/m0/s1. The van der Waals surface area contributed by atoms with Gasteiger partial charge in [0.25, 0.3) is 0 Å². The number of allylic oxidation sites excluding steroid dienone is 3. The molecule has 2 aromatic rings. The number of ketones is 1. The lowest BCUT2D eigenvalue weighted by atomic mass is 9.71. The predicted octanol–water partition coefficient (Wildman–Crippen LogP) is 5.12. The quantitative estimate of drug-likeness (QED) is 0.278. The maximum absolute atomic E-state index is 13.9. The van der Waals surface area contributed by atoms with Crippen LogP contribution in [0.4, 0.5) is 0 Å². The molecule has 0 aromatic heterocycles. The van der Waals surface area contributed by atoms with Gasteiger partial charge >= 0.3 is 5.97 Å². The molecule has 1 heterocycles. The highest BCUT2D eigenvalue weighted by atomic mass is 79.9. The van der Waals surface area contributed by atoms with Crippen molar-refractivity contribution >= 4 is 27.7 Å². The fraction of sp³-hybridized carbons (Fsp3) is 0.400. The predicted molar refractivity (Wildman–Crippen MR) is 152 cm³/mol. The minimum atomic E-state index is -0.722. The van der Waals surface area contributed by atoms with Crippen LogP contribution in [0.25, 0.3) is 0 Å². The molecule has 0 saturated carbocycles. The molecule has 1 aliphatic carbocycles. The molecule has 10 heteroatoms. The van der Waals surface area contributed by atoms with E-state index >= 15 is 0 Å². The van der Waals surface area contributed by atoms with Gasteiger partial charge in [0.2, 0.25) is 0 Å². The molecule has 0 amide bonds. The first-order chi connectivity index (χ1) is 19.2. The largest absolute Gasteiger partial charge is 0.503 e. The van der Waals surface area contributed by atoms with Crippen LogP contribution in [-0.4, -0.2) is 58.0 Å². The third kappa shape index (κ3) is 5.83. The number of phenolic OH excluding ortho intramolecular Hbond substituents is 1. The van der Waals surface area contributed by atoms with E-state index in [1.165, 1.54) is 7.11 Å². The summed E-state index contributed by atoms with van der Waals surface area (Å²) in [5, 5.41) is 13.8. The number of carbonyl (C=O) groups is 2. The molecule has 1 aliphatic heterocycles. The molecule has 0 fully saturated rings. The van der Waals surface area contributed by atoms with Gasteiger partial charge in [0, 0.05) is 35.9 Å². The normalized spacial score (nSPS) is 18.7. The summed E-state index contributed by atoms with van der Waals surface area (Å²) >= 11 is 3.39. The molecule has 4 rings (SSSR count). The molecule has 2 N–H and O–H groups in total. The van der Waals surface area contributed by atoms with E-state index in [-0.39, 0.29) is 42.8 Å². The lowest BCUT2D eigenvalue weighted by Gasteiger charge is -2.37. The molecule has 2 aliphatic rings. The number of dihydropyridines is 1. The summed E-state index contributed by atoms with van der Waals surface area (Å²) in [6, 6.07) is 9.02. The van der Waals surface area contributed by atoms with Gasteiger partial charge in [0.05, 0.1) is 38.0 Å². The van der Waals surface area contributed by atoms with Gasteiger partial charge in [-0.25, -0.2) is 4.79 Å². The Hall–Kier alpha value is -3.50. The van der Waals surface area contributed by atoms with E-state index in [4.69, 9.17) is 23.7 Å². The van der Waals surface area contributed by atoms with Gasteiger partial charge in [0.1, 0.15) is 6.61 Å². The number of methoxy groups -OCH3 is 3. The van der Waals surface area contributed by atoms with Crippen LogP contribution in [-0.2, 0) is 19.1 Å². The van der Waals surface area contributed by atoms with Crippen molar-refractivity contribution in [1.82, 2.24) is 5.32 Å². The van der Waals surface area contributed by atoms with Crippen LogP contribution in [0.15, 0.2) is 57.3 Å². The summed E-state index contributed by atoms with van der Waals surface area (Å²) in [7, 11) is 4.60. The van der Waals surface area contributed by atoms with Crippen molar-refractivity contribution in [3.8, 4) is 23.0 Å². The highest BCUT2D eigenvalue weighted by Gasteiger charge is 2.42. The zero-order chi connectivity index (χ0) is 29.0. The number of ether oxygens (including phenoxy) is 5. The van der Waals surface area contributed by atoms with Crippen molar-refractivity contribution in [2.45, 2.75) is 38.5 Å². The molecule has 40 heavy (non-hydrogen) atoms. The minimum absolute atomic E-state index is 0.0700. The van der Waals surface area contributed by atoms with Gasteiger partial charge in [0.15, 0.2) is 28.8 Å². The maximum Gasteiger partial charge on any atom is 0.336 e. The summed E-state index contributed by atoms with van der Waals surface area (Å²) in [4.78, 5) is 27.3. The SMILES string of the molecule is CCOCCOC(=O)C1=C(C)NC2=C(C(=O)C[C@@H](c3ccc(OC)c(OC)c3)C2)[C@@H]1c1cc(Br)c(O)c(OC)c1. The van der Waals surface area contributed by atoms with Gasteiger partial charge in [-0.3, -0.25) is 4.79 Å². The zero-order valence-electron chi connectivity index (χ0n) is 23.3. The first-order valence-electron chi connectivity index (χ1n) is 13.0. The van der Waals surface area contributed by atoms with E-state index in [9.17, 15) is 14.7 Å². The van der Waals surface area contributed by atoms with E-state index in [2.05, 4.69) is 21.2 Å². The lowest BCUT2D eigenvalue weighted by molar-refractivity contribution is -0.140. The number of halogens is 1. The summed E-state index contributed by atoms with van der Waals surface area (Å²) in [5.74, 6) is -0.0998. The van der Waals surface area contributed by atoms with Crippen LogP contribution in [0.1, 0.15) is 49.7 Å². The van der Waals surface area contributed by atoms with E-state index in [0.717, 1.165) is 11.3 Å². The molecule has 2 aromatic carbocycles. The summed E-state index contributed by atoms with van der Waals surface area (Å²) in [6.07, 6.45) is 0.794. The Kier molecular flexibility index (Phi) is 9.42. The second-order valence-electron chi connectivity index (χ2n) is 9.52. The Morgan fingerprint density at radius 1 is 1.00 bits per heavy atom. The number of hydrogen-bond acceptors (Lipinski definition) is 9. The zero-order valence-corrected chi connectivity index (χ0v) is 24.8. The summed E-state index contributed by atoms with van der Waals surface area (Å²) < 4.78 is 27.5. The van der Waals surface area contributed by atoms with Crippen LogP contribution in [0, 0.1) is 0 Å². The molecule has 0 saturated heterocycles. The molecule has 2 atom stereocenters. The molecule has 0 unspecified atom stereocenters. The third-order valence-electron chi connectivity index (χ3n) is 7.20. The summed E-state index contributed by atoms with van der Waals surface area (Å²) in [6.45, 7) is 4.53. The number of Topliss-reactive ketones (excluding diaryl/α,β-unsaturated/α-hetero) is 1. The highest BCUT2D eigenvalue weighted by Crippen LogP contribution is 2.48. The number of rotatable bonds is 10. The summed E-state index contributed by atoms with van der Waals surface area (Å²) in [5.41, 5.74) is 3.73. The van der Waals surface area contributed by atoms with Crippen molar-refractivity contribution < 1.29 is 38.4 Å². The van der Waals surface area contributed by atoms with E-state index in [1.54, 1.807) is 33.3 Å². The third-order valence-corrected chi connectivity index (χ3v) is 7.80. The van der Waals surface area contributed by atoms with Crippen LogP contribution in [0.3, 0.4) is 0 Å². The number of nitrogens with one attached hydrogen (secondary N) is 1. The molecule has 214 valence electrons. The van der Waals surface area contributed by atoms with Gasteiger partial charge in [-0.1, -0.05) is 6.07 Å². The van der Waals surface area contributed by atoms with Crippen molar-refractivity contribution in [3.63, 3.8) is 0 Å². The smallest absolute Gasteiger partial charge is 0.336 e. The van der Waals surface area contributed by atoms with Crippen molar-refractivity contribution in [2.75, 3.05) is 41.2 Å². The van der Waals surface area contributed by atoms with Crippen LogP contribution < -0.4 is 19.5 Å². The maximum atomic E-state index is 13.9. The van der Waals surface area contributed by atoms with Crippen molar-refractivity contribution in [1.29, 1.82) is 0 Å². The topological polar surface area (TPSA) is 113 Å². The van der Waals surface area contributed by atoms with E-state index in [1.807, 2.05) is 25.1 Å². The molecule has 0 bridgehead atoms. The first kappa shape index (κ1) is 29.5. The van der Waals surface area contributed by atoms with Crippen molar-refractivity contribution in [3.05, 3.63) is 68.5 Å². The average Bonchev–Trinajstić information content (AvgIpc) is 2.95. The number of phenols is 1. The fourth-order valence-electron chi connectivity index (χ4n) is 5.32. The Balaban J connectivity index is 1.78. The molecule has 0 radical (unpaired) electrons. The van der Waals surface area contributed by atoms with Gasteiger partial charge in [-0.2, -0.15) is 0 Å². The first-order valence-corrected chi connectivity index (χ1v) is 13.8. The lowest BCUT2D eigenvalue weighted by Crippen LogP contribution is -2.36. The van der Waals surface area contributed by atoms with Crippen LogP contribution in [0.5, 0.6) is 23.0 Å². The second-order valence-corrected chi connectivity index (χ2v) is 10.4. The second kappa shape index (κ2) is 12.8. The molecule has 0 spiro atoms. The van der Waals surface area contributed by atoms with E-state index < -0.39 is 11.9 Å². The Labute approximate surface area is 242 Å². The van der Waals surface area contributed by atoms with Gasteiger partial charge in [-0.15, -0.1) is 0 Å².